The zero-order chi connectivity index (χ0) is 14.5. The molecule has 1 N–H and O–H groups in total. The molecule has 5 nitrogen and oxygen atoms in total. The van der Waals surface area contributed by atoms with Gasteiger partial charge in [0.1, 0.15) is 0 Å². The molecule has 1 aliphatic rings. The van der Waals surface area contributed by atoms with Crippen molar-refractivity contribution in [2.45, 2.75) is 26.2 Å². The second-order valence-corrected chi connectivity index (χ2v) is 4.87. The van der Waals surface area contributed by atoms with Gasteiger partial charge in [-0.15, -0.1) is 0 Å². The maximum atomic E-state index is 11.5. The molecule has 5 heteroatoms. The Morgan fingerprint density at radius 3 is 2.90 bits per heavy atom. The first-order valence-corrected chi connectivity index (χ1v) is 6.83. The molecule has 20 heavy (non-hydrogen) atoms. The van der Waals surface area contributed by atoms with Gasteiger partial charge in [0.15, 0.2) is 0 Å². The van der Waals surface area contributed by atoms with E-state index in [1.807, 2.05) is 12.1 Å². The third-order valence-corrected chi connectivity index (χ3v) is 3.47. The van der Waals surface area contributed by atoms with Crippen molar-refractivity contribution in [3.63, 3.8) is 0 Å². The summed E-state index contributed by atoms with van der Waals surface area (Å²) in [5, 5.41) is 3.29. The number of hydrogen-bond donors (Lipinski definition) is 1. The molecule has 1 heterocycles. The van der Waals surface area contributed by atoms with E-state index >= 15 is 0 Å². The number of esters is 1. The summed E-state index contributed by atoms with van der Waals surface area (Å²) in [5.74, 6) is -0.0969. The van der Waals surface area contributed by atoms with Crippen LogP contribution < -0.4 is 10.2 Å². The molecule has 108 valence electrons. The molecule has 1 amide bonds. The van der Waals surface area contributed by atoms with Crippen LogP contribution >= 0.6 is 0 Å². The largest absolute Gasteiger partial charge is 0.469 e. The lowest BCUT2D eigenvalue weighted by atomic mass is 10.1. The van der Waals surface area contributed by atoms with Crippen LogP contribution in [0.1, 0.15) is 25.3 Å². The quantitative estimate of drug-likeness (QED) is 0.660. The lowest BCUT2D eigenvalue weighted by Crippen LogP contribution is -2.25. The molecular formula is C15H20N2O3. The molecule has 0 saturated carbocycles. The van der Waals surface area contributed by atoms with E-state index in [-0.39, 0.29) is 11.9 Å². The van der Waals surface area contributed by atoms with Crippen molar-refractivity contribution in [1.29, 1.82) is 0 Å². The fourth-order valence-electron chi connectivity index (χ4n) is 2.41. The minimum Gasteiger partial charge on any atom is -0.469 e. The molecule has 0 saturated heterocycles. The van der Waals surface area contributed by atoms with E-state index in [1.165, 1.54) is 12.7 Å². The predicted molar refractivity (Wildman–Crippen MR) is 77.9 cm³/mol. The SMILES string of the molecule is COC(=O)CCCNc1ccc2c(c1)CCN2C(C)=O. The summed E-state index contributed by atoms with van der Waals surface area (Å²) >= 11 is 0. The summed E-state index contributed by atoms with van der Waals surface area (Å²) in [4.78, 5) is 24.3. The maximum absolute atomic E-state index is 11.5. The summed E-state index contributed by atoms with van der Waals surface area (Å²) in [5.41, 5.74) is 3.23. The van der Waals surface area contributed by atoms with Crippen LogP contribution in [-0.4, -0.2) is 32.1 Å². The summed E-state index contributed by atoms with van der Waals surface area (Å²) in [7, 11) is 1.40. The van der Waals surface area contributed by atoms with Crippen LogP contribution in [0.15, 0.2) is 18.2 Å². The molecule has 0 aliphatic carbocycles. The highest BCUT2D eigenvalue weighted by molar-refractivity contribution is 5.94. The highest BCUT2D eigenvalue weighted by Gasteiger charge is 2.21. The van der Waals surface area contributed by atoms with E-state index < -0.39 is 0 Å². The minimum absolute atomic E-state index is 0.0857. The summed E-state index contributed by atoms with van der Waals surface area (Å²) < 4.78 is 4.59. The number of methoxy groups -OCH3 is 1. The van der Waals surface area contributed by atoms with Crippen LogP contribution in [0.3, 0.4) is 0 Å². The molecule has 0 radical (unpaired) electrons. The number of anilines is 2. The Morgan fingerprint density at radius 2 is 2.20 bits per heavy atom. The zero-order valence-corrected chi connectivity index (χ0v) is 11.9. The second kappa shape index (κ2) is 6.41. The van der Waals surface area contributed by atoms with Crippen molar-refractivity contribution in [1.82, 2.24) is 0 Å². The van der Waals surface area contributed by atoms with E-state index in [4.69, 9.17) is 0 Å². The molecule has 1 aliphatic heterocycles. The van der Waals surface area contributed by atoms with Crippen molar-refractivity contribution in [2.75, 3.05) is 30.4 Å². The third-order valence-electron chi connectivity index (χ3n) is 3.47. The van der Waals surface area contributed by atoms with Gasteiger partial charge in [-0.1, -0.05) is 0 Å². The molecule has 1 aromatic rings. The van der Waals surface area contributed by atoms with E-state index in [2.05, 4.69) is 16.1 Å². The van der Waals surface area contributed by atoms with Crippen LogP contribution in [0.2, 0.25) is 0 Å². The summed E-state index contributed by atoms with van der Waals surface area (Å²) in [6, 6.07) is 6.03. The van der Waals surface area contributed by atoms with E-state index in [0.717, 1.165) is 37.3 Å². The number of benzene rings is 1. The number of nitrogens with one attached hydrogen (secondary N) is 1. The topological polar surface area (TPSA) is 58.6 Å². The van der Waals surface area contributed by atoms with E-state index in [9.17, 15) is 9.59 Å². The monoisotopic (exact) mass is 276 g/mol. The Bertz CT molecular complexity index is 514. The molecule has 0 fully saturated rings. The van der Waals surface area contributed by atoms with Gasteiger partial charge in [-0.2, -0.15) is 0 Å². The van der Waals surface area contributed by atoms with Gasteiger partial charge in [-0.25, -0.2) is 0 Å². The summed E-state index contributed by atoms with van der Waals surface area (Å²) in [6.07, 6.45) is 2.06. The first-order chi connectivity index (χ1) is 9.61. The van der Waals surface area contributed by atoms with Crippen molar-refractivity contribution in [3.8, 4) is 0 Å². The molecule has 0 bridgehead atoms. The van der Waals surface area contributed by atoms with Gasteiger partial charge in [0.2, 0.25) is 5.91 Å². The number of nitrogens with zero attached hydrogens (tertiary/aromatic N) is 1. The van der Waals surface area contributed by atoms with Crippen molar-refractivity contribution >= 4 is 23.3 Å². The van der Waals surface area contributed by atoms with Gasteiger partial charge in [-0.05, 0) is 36.6 Å². The lowest BCUT2D eigenvalue weighted by Gasteiger charge is -2.15. The number of hydrogen-bond acceptors (Lipinski definition) is 4. The van der Waals surface area contributed by atoms with Crippen LogP contribution in [0, 0.1) is 0 Å². The fourth-order valence-corrected chi connectivity index (χ4v) is 2.41. The first-order valence-electron chi connectivity index (χ1n) is 6.83. The second-order valence-electron chi connectivity index (χ2n) is 4.87. The van der Waals surface area contributed by atoms with Crippen molar-refractivity contribution in [3.05, 3.63) is 23.8 Å². The molecule has 1 aromatic carbocycles. The molecular weight excluding hydrogens is 256 g/mol. The number of carbonyl (C=O) groups is 2. The Morgan fingerprint density at radius 1 is 1.40 bits per heavy atom. The highest BCUT2D eigenvalue weighted by Crippen LogP contribution is 2.30. The average molecular weight is 276 g/mol. The van der Waals surface area contributed by atoms with Crippen LogP contribution in [-0.2, 0) is 20.7 Å². The van der Waals surface area contributed by atoms with E-state index in [1.54, 1.807) is 11.8 Å². The van der Waals surface area contributed by atoms with Gasteiger partial charge >= 0.3 is 5.97 Å². The Hall–Kier alpha value is -2.04. The van der Waals surface area contributed by atoms with Gasteiger partial charge < -0.3 is 15.0 Å². The Kier molecular flexibility index (Phi) is 4.61. The zero-order valence-electron chi connectivity index (χ0n) is 11.9. The van der Waals surface area contributed by atoms with Gasteiger partial charge in [0.05, 0.1) is 7.11 Å². The third kappa shape index (κ3) is 3.29. The number of amides is 1. The predicted octanol–water partition coefficient (Wildman–Crippen LogP) is 1.96. The molecule has 2 rings (SSSR count). The van der Waals surface area contributed by atoms with Crippen LogP contribution in [0.25, 0.3) is 0 Å². The number of rotatable bonds is 5. The Labute approximate surface area is 118 Å². The Balaban J connectivity index is 1.89. The molecule has 0 spiro atoms. The normalized spacial score (nSPS) is 13.0. The number of carbonyl (C=O) groups excluding carboxylic acids is 2. The van der Waals surface area contributed by atoms with Crippen LogP contribution in [0.4, 0.5) is 11.4 Å². The van der Waals surface area contributed by atoms with Gasteiger partial charge in [0, 0.05) is 37.8 Å². The van der Waals surface area contributed by atoms with Crippen LogP contribution in [0.5, 0.6) is 0 Å². The lowest BCUT2D eigenvalue weighted by molar-refractivity contribution is -0.140. The average Bonchev–Trinajstić information content (AvgIpc) is 2.86. The number of fused-ring (bicyclic) bond motifs is 1. The van der Waals surface area contributed by atoms with Gasteiger partial charge in [-0.3, -0.25) is 9.59 Å². The maximum Gasteiger partial charge on any atom is 0.305 e. The van der Waals surface area contributed by atoms with Gasteiger partial charge in [0.25, 0.3) is 0 Å². The fraction of sp³-hybridized carbons (Fsp3) is 0.467. The highest BCUT2D eigenvalue weighted by atomic mass is 16.5. The summed E-state index contributed by atoms with van der Waals surface area (Å²) in [6.45, 7) is 3.08. The molecule has 0 unspecified atom stereocenters. The first kappa shape index (κ1) is 14.4. The smallest absolute Gasteiger partial charge is 0.305 e. The van der Waals surface area contributed by atoms with Crippen molar-refractivity contribution in [2.24, 2.45) is 0 Å². The van der Waals surface area contributed by atoms with E-state index in [0.29, 0.717) is 6.42 Å². The molecule has 0 aromatic heterocycles. The minimum atomic E-state index is -0.183. The molecule has 0 atom stereocenters. The standard InChI is InChI=1S/C15H20N2O3/c1-11(18)17-9-7-12-10-13(5-6-14(12)17)16-8-3-4-15(19)20-2/h5-6,10,16H,3-4,7-9H2,1-2H3. The number of ether oxygens (including phenoxy) is 1. The van der Waals surface area contributed by atoms with Crippen molar-refractivity contribution < 1.29 is 14.3 Å².